The van der Waals surface area contributed by atoms with Gasteiger partial charge in [0.05, 0.1) is 10.2 Å². The van der Waals surface area contributed by atoms with E-state index in [4.69, 9.17) is 4.74 Å². The maximum Gasteiger partial charge on any atom is 0.0647 e. The molecule has 3 aliphatic carbocycles. The van der Waals surface area contributed by atoms with Gasteiger partial charge in [0.2, 0.25) is 0 Å². The van der Waals surface area contributed by atoms with E-state index in [1.807, 2.05) is 7.11 Å². The summed E-state index contributed by atoms with van der Waals surface area (Å²) in [6, 6.07) is 0.840. The molecule has 3 fully saturated rings. The number of alkyl halides is 1. The highest BCUT2D eigenvalue weighted by molar-refractivity contribution is 14.1. The molecule has 24 heavy (non-hydrogen) atoms. The minimum absolute atomic E-state index is 0.529. The number of nitrogens with zero attached hydrogens (tertiary/aromatic N) is 1. The van der Waals surface area contributed by atoms with E-state index >= 15 is 0 Å². The van der Waals surface area contributed by atoms with Gasteiger partial charge in [-0.1, -0.05) is 54.7 Å². The summed E-state index contributed by atoms with van der Waals surface area (Å²) >= 11 is 2.74. The summed E-state index contributed by atoms with van der Waals surface area (Å²) in [6.07, 6.45) is 19.2. The topological polar surface area (TPSA) is 12.5 Å². The molecule has 0 aromatic rings. The molecule has 0 heterocycles. The van der Waals surface area contributed by atoms with Gasteiger partial charge in [-0.25, -0.2) is 0 Å². The quantitative estimate of drug-likeness (QED) is 0.290. The Morgan fingerprint density at radius 3 is 1.96 bits per heavy atom. The third-order valence-corrected chi connectivity index (χ3v) is 9.36. The molecule has 3 saturated carbocycles. The predicted molar refractivity (Wildman–Crippen MR) is 111 cm³/mol. The fourth-order valence-electron chi connectivity index (χ4n) is 5.72. The lowest BCUT2D eigenvalue weighted by Crippen LogP contribution is -2.44. The fourth-order valence-corrected chi connectivity index (χ4v) is 6.89. The summed E-state index contributed by atoms with van der Waals surface area (Å²) in [5.74, 6) is 3.00. The van der Waals surface area contributed by atoms with Crippen LogP contribution in [0.1, 0.15) is 83.5 Å². The highest BCUT2D eigenvalue weighted by Crippen LogP contribution is 2.41. The van der Waals surface area contributed by atoms with Crippen molar-refractivity contribution >= 4 is 22.6 Å². The van der Waals surface area contributed by atoms with Crippen molar-refractivity contribution in [2.75, 3.05) is 14.2 Å². The molecular weight excluding hydrogens is 409 g/mol. The molecule has 140 valence electrons. The molecule has 0 aliphatic heterocycles. The lowest BCUT2D eigenvalue weighted by molar-refractivity contribution is 0.0411. The molecule has 0 saturated heterocycles. The number of hydrogen-bond donors (Lipinski definition) is 0. The minimum Gasteiger partial charge on any atom is -0.381 e. The summed E-state index contributed by atoms with van der Waals surface area (Å²) in [5.41, 5.74) is 0. The normalized spacial score (nSPS) is 37.5. The second-order valence-electron chi connectivity index (χ2n) is 8.78. The van der Waals surface area contributed by atoms with E-state index in [9.17, 15) is 0 Å². The number of methoxy groups -OCH3 is 1. The second-order valence-corrected chi connectivity index (χ2v) is 10.1. The van der Waals surface area contributed by atoms with Gasteiger partial charge in [-0.15, -0.1) is 0 Å². The van der Waals surface area contributed by atoms with Crippen molar-refractivity contribution in [3.05, 3.63) is 0 Å². The molecule has 0 N–H and O–H groups in total. The van der Waals surface area contributed by atoms with Gasteiger partial charge in [0.25, 0.3) is 0 Å². The van der Waals surface area contributed by atoms with Crippen molar-refractivity contribution in [3.63, 3.8) is 0 Å². The average molecular weight is 447 g/mol. The molecule has 3 rings (SSSR count). The van der Waals surface area contributed by atoms with Crippen LogP contribution in [0.15, 0.2) is 0 Å². The van der Waals surface area contributed by atoms with Crippen LogP contribution in [0, 0.1) is 17.8 Å². The molecule has 0 amide bonds. The molecule has 0 radical (unpaired) electrons. The Bertz CT molecular complexity index is 355. The number of ether oxygens (including phenoxy) is 1. The van der Waals surface area contributed by atoms with Crippen LogP contribution in [-0.4, -0.2) is 35.3 Å². The maximum absolute atomic E-state index is 5.55. The molecule has 0 bridgehead atoms. The molecule has 2 nitrogen and oxygen atoms in total. The third-order valence-electron chi connectivity index (χ3n) is 7.46. The summed E-state index contributed by atoms with van der Waals surface area (Å²) in [7, 11) is 4.29. The first-order valence-corrected chi connectivity index (χ1v) is 11.8. The first kappa shape index (κ1) is 19.4. The zero-order valence-electron chi connectivity index (χ0n) is 15.9. The molecule has 1 atom stereocenters. The fraction of sp³-hybridized carbons (Fsp3) is 1.00. The first-order valence-electron chi connectivity index (χ1n) is 10.6. The lowest BCUT2D eigenvalue weighted by Gasteiger charge is -2.43. The van der Waals surface area contributed by atoms with Crippen molar-refractivity contribution in [2.45, 2.75) is 99.7 Å². The monoisotopic (exact) mass is 447 g/mol. The third kappa shape index (κ3) is 4.88. The zero-order chi connectivity index (χ0) is 16.9. The maximum atomic E-state index is 5.55. The highest BCUT2D eigenvalue weighted by Gasteiger charge is 2.34. The van der Waals surface area contributed by atoms with Crippen LogP contribution < -0.4 is 0 Å². The van der Waals surface area contributed by atoms with E-state index in [1.54, 1.807) is 0 Å². The van der Waals surface area contributed by atoms with Gasteiger partial charge >= 0.3 is 0 Å². The Morgan fingerprint density at radius 2 is 1.38 bits per heavy atom. The second kappa shape index (κ2) is 9.55. The van der Waals surface area contributed by atoms with E-state index in [1.165, 1.54) is 83.5 Å². The summed E-state index contributed by atoms with van der Waals surface area (Å²) in [4.78, 5) is 2.75. The van der Waals surface area contributed by atoms with Crippen molar-refractivity contribution in [2.24, 2.45) is 17.8 Å². The molecule has 3 heteroatoms. The Hall–Kier alpha value is 0.650. The van der Waals surface area contributed by atoms with E-state index in [-0.39, 0.29) is 0 Å². The largest absolute Gasteiger partial charge is 0.381 e. The smallest absolute Gasteiger partial charge is 0.0647 e. The van der Waals surface area contributed by atoms with Gasteiger partial charge in [-0.3, -0.25) is 4.90 Å². The minimum atomic E-state index is 0.529. The Morgan fingerprint density at radius 1 is 0.792 bits per heavy atom. The number of rotatable bonds is 5. The van der Waals surface area contributed by atoms with Gasteiger partial charge in [0.15, 0.2) is 0 Å². The van der Waals surface area contributed by atoms with Crippen LogP contribution in [0.2, 0.25) is 0 Å². The van der Waals surface area contributed by atoms with Crippen LogP contribution in [0.5, 0.6) is 0 Å². The van der Waals surface area contributed by atoms with Gasteiger partial charge in [0, 0.05) is 13.2 Å². The van der Waals surface area contributed by atoms with Crippen LogP contribution in [0.4, 0.5) is 0 Å². The van der Waals surface area contributed by atoms with E-state index < -0.39 is 0 Å². The van der Waals surface area contributed by atoms with Gasteiger partial charge in [0.1, 0.15) is 0 Å². The summed E-state index contributed by atoms with van der Waals surface area (Å²) in [5, 5.41) is 0. The van der Waals surface area contributed by atoms with E-state index in [0.717, 1.165) is 27.8 Å². The molecule has 0 aromatic heterocycles. The van der Waals surface area contributed by atoms with E-state index in [2.05, 4.69) is 34.5 Å². The van der Waals surface area contributed by atoms with Crippen LogP contribution in [0.3, 0.4) is 0 Å². The zero-order valence-corrected chi connectivity index (χ0v) is 18.0. The Balaban J connectivity index is 1.43. The van der Waals surface area contributed by atoms with Crippen molar-refractivity contribution in [3.8, 4) is 0 Å². The number of halogens is 1. The van der Waals surface area contributed by atoms with Crippen molar-refractivity contribution in [1.29, 1.82) is 0 Å². The first-order chi connectivity index (χ1) is 11.7. The van der Waals surface area contributed by atoms with Gasteiger partial charge in [-0.2, -0.15) is 0 Å². The predicted octanol–water partition coefficient (Wildman–Crippen LogP) is 6.02. The van der Waals surface area contributed by atoms with Gasteiger partial charge in [-0.05, 0) is 76.2 Å². The van der Waals surface area contributed by atoms with Crippen molar-refractivity contribution < 1.29 is 4.74 Å². The lowest BCUT2D eigenvalue weighted by atomic mass is 9.72. The van der Waals surface area contributed by atoms with Crippen LogP contribution in [0.25, 0.3) is 0 Å². The van der Waals surface area contributed by atoms with Crippen molar-refractivity contribution in [1.82, 2.24) is 4.90 Å². The highest BCUT2D eigenvalue weighted by atomic mass is 127. The standard InChI is InChI=1S/C21H38INO/c1-23(21(22)18-10-14-20(24-2)15-11-18)19-12-8-17(9-13-19)16-6-4-3-5-7-16/h16-21H,3-15H2,1-2H3. The summed E-state index contributed by atoms with van der Waals surface area (Å²) in [6.45, 7) is 0. The van der Waals surface area contributed by atoms with E-state index in [0.29, 0.717) is 6.10 Å². The average Bonchev–Trinajstić information content (AvgIpc) is 2.68. The molecule has 1 unspecified atom stereocenters. The van der Waals surface area contributed by atoms with Crippen LogP contribution >= 0.6 is 22.6 Å². The molecule has 3 aliphatic rings. The van der Waals surface area contributed by atoms with Gasteiger partial charge < -0.3 is 4.74 Å². The molecule has 0 aromatic carbocycles. The Kier molecular flexibility index (Phi) is 7.72. The molecule has 0 spiro atoms. The summed E-state index contributed by atoms with van der Waals surface area (Å²) < 4.78 is 6.27. The Labute approximate surface area is 163 Å². The van der Waals surface area contributed by atoms with Crippen LogP contribution in [-0.2, 0) is 4.74 Å². The SMILES string of the molecule is COC1CCC(C(I)N(C)C2CCC(C3CCCCC3)CC2)CC1. The molecular formula is C21H38INO. The number of hydrogen-bond acceptors (Lipinski definition) is 2.